The number of pyridine rings is 1. The topological polar surface area (TPSA) is 43.4 Å². The Morgan fingerprint density at radius 1 is 1.14 bits per heavy atom. The van der Waals surface area contributed by atoms with Gasteiger partial charge < -0.3 is 14.8 Å². The van der Waals surface area contributed by atoms with Crippen LogP contribution in [0.3, 0.4) is 0 Å². The smallest absolute Gasteiger partial charge is 0.142 e. The standard InChI is InChI=1S/C17H22N2O2/c1-5-18-16(17-15(21-4)7-6-10-19-17)13-11-12(2)8-9-14(13)20-3/h6-11,16,18H,5H2,1-4H3. The van der Waals surface area contributed by atoms with Crippen molar-refractivity contribution < 1.29 is 9.47 Å². The molecule has 0 bridgehead atoms. The lowest BCUT2D eigenvalue weighted by molar-refractivity contribution is 0.390. The molecule has 0 aliphatic heterocycles. The predicted octanol–water partition coefficient (Wildman–Crippen LogP) is 3.11. The fourth-order valence-electron chi connectivity index (χ4n) is 2.43. The van der Waals surface area contributed by atoms with E-state index in [1.54, 1.807) is 20.4 Å². The molecular formula is C17H22N2O2. The van der Waals surface area contributed by atoms with Gasteiger partial charge in [0.15, 0.2) is 0 Å². The lowest BCUT2D eigenvalue weighted by Crippen LogP contribution is -2.24. The second-order valence-corrected chi connectivity index (χ2v) is 4.83. The Kier molecular flexibility index (Phi) is 5.17. The summed E-state index contributed by atoms with van der Waals surface area (Å²) in [5, 5.41) is 3.47. The molecule has 0 amide bonds. The monoisotopic (exact) mass is 286 g/mol. The molecule has 4 nitrogen and oxygen atoms in total. The molecule has 2 aromatic rings. The molecule has 21 heavy (non-hydrogen) atoms. The van der Waals surface area contributed by atoms with Crippen molar-refractivity contribution in [1.29, 1.82) is 0 Å². The first-order valence-electron chi connectivity index (χ1n) is 7.08. The number of benzene rings is 1. The third kappa shape index (κ3) is 3.34. The highest BCUT2D eigenvalue weighted by atomic mass is 16.5. The third-order valence-electron chi connectivity index (χ3n) is 3.40. The van der Waals surface area contributed by atoms with Gasteiger partial charge in [-0.3, -0.25) is 4.98 Å². The Morgan fingerprint density at radius 2 is 1.90 bits per heavy atom. The van der Waals surface area contributed by atoms with Gasteiger partial charge in [0.2, 0.25) is 0 Å². The van der Waals surface area contributed by atoms with Crippen LogP contribution < -0.4 is 14.8 Å². The molecule has 112 valence electrons. The number of nitrogens with one attached hydrogen (secondary N) is 1. The van der Waals surface area contributed by atoms with Crippen LogP contribution in [0.2, 0.25) is 0 Å². The predicted molar refractivity (Wildman–Crippen MR) is 84.0 cm³/mol. The minimum absolute atomic E-state index is 0.0685. The summed E-state index contributed by atoms with van der Waals surface area (Å²) < 4.78 is 11.0. The summed E-state index contributed by atoms with van der Waals surface area (Å²) in [4.78, 5) is 4.51. The zero-order chi connectivity index (χ0) is 15.2. The quantitative estimate of drug-likeness (QED) is 0.886. The van der Waals surface area contributed by atoms with Crippen LogP contribution >= 0.6 is 0 Å². The van der Waals surface area contributed by atoms with Crippen LogP contribution in [-0.4, -0.2) is 25.7 Å². The summed E-state index contributed by atoms with van der Waals surface area (Å²) in [6, 6.07) is 9.89. The molecule has 1 aromatic carbocycles. The van der Waals surface area contributed by atoms with Gasteiger partial charge in [-0.25, -0.2) is 0 Å². The summed E-state index contributed by atoms with van der Waals surface area (Å²) >= 11 is 0. The molecule has 0 saturated carbocycles. The van der Waals surface area contributed by atoms with E-state index in [0.717, 1.165) is 29.3 Å². The van der Waals surface area contributed by atoms with Crippen molar-refractivity contribution in [2.24, 2.45) is 0 Å². The summed E-state index contributed by atoms with van der Waals surface area (Å²) in [6.07, 6.45) is 1.78. The third-order valence-corrected chi connectivity index (χ3v) is 3.40. The minimum atomic E-state index is -0.0685. The normalized spacial score (nSPS) is 12.0. The van der Waals surface area contributed by atoms with E-state index in [4.69, 9.17) is 9.47 Å². The maximum absolute atomic E-state index is 5.51. The molecule has 1 heterocycles. The fourth-order valence-corrected chi connectivity index (χ4v) is 2.43. The number of ether oxygens (including phenoxy) is 2. The second-order valence-electron chi connectivity index (χ2n) is 4.83. The first-order valence-corrected chi connectivity index (χ1v) is 7.08. The van der Waals surface area contributed by atoms with Crippen LogP contribution in [0.5, 0.6) is 11.5 Å². The van der Waals surface area contributed by atoms with Crippen molar-refractivity contribution in [2.45, 2.75) is 19.9 Å². The van der Waals surface area contributed by atoms with E-state index in [1.165, 1.54) is 5.56 Å². The molecule has 0 saturated heterocycles. The van der Waals surface area contributed by atoms with Crippen LogP contribution in [-0.2, 0) is 0 Å². The maximum Gasteiger partial charge on any atom is 0.142 e. The lowest BCUT2D eigenvalue weighted by Gasteiger charge is -2.22. The van der Waals surface area contributed by atoms with Crippen molar-refractivity contribution in [1.82, 2.24) is 10.3 Å². The van der Waals surface area contributed by atoms with Gasteiger partial charge >= 0.3 is 0 Å². The number of nitrogens with zero attached hydrogens (tertiary/aromatic N) is 1. The van der Waals surface area contributed by atoms with Crippen molar-refractivity contribution >= 4 is 0 Å². The SMILES string of the molecule is CCNC(c1cc(C)ccc1OC)c1ncccc1OC. The highest BCUT2D eigenvalue weighted by Gasteiger charge is 2.22. The van der Waals surface area contributed by atoms with Gasteiger partial charge in [0.05, 0.1) is 20.3 Å². The molecule has 1 aromatic heterocycles. The number of hydrogen-bond acceptors (Lipinski definition) is 4. The fraction of sp³-hybridized carbons (Fsp3) is 0.353. The van der Waals surface area contributed by atoms with E-state index in [-0.39, 0.29) is 6.04 Å². The van der Waals surface area contributed by atoms with E-state index in [1.807, 2.05) is 24.3 Å². The Morgan fingerprint density at radius 3 is 2.57 bits per heavy atom. The Balaban J connectivity index is 2.55. The van der Waals surface area contributed by atoms with Crippen molar-refractivity contribution in [3.8, 4) is 11.5 Å². The van der Waals surface area contributed by atoms with Crippen LogP contribution in [0.25, 0.3) is 0 Å². The first-order chi connectivity index (χ1) is 10.2. The summed E-state index contributed by atoms with van der Waals surface area (Å²) in [5.74, 6) is 1.62. The van der Waals surface area contributed by atoms with Gasteiger partial charge in [-0.2, -0.15) is 0 Å². The number of aryl methyl sites for hydroxylation is 1. The highest BCUT2D eigenvalue weighted by molar-refractivity contribution is 5.45. The number of rotatable bonds is 6. The zero-order valence-corrected chi connectivity index (χ0v) is 13.0. The molecule has 1 atom stereocenters. The Bertz CT molecular complexity index is 599. The van der Waals surface area contributed by atoms with Crippen molar-refractivity contribution in [2.75, 3.05) is 20.8 Å². The average Bonchev–Trinajstić information content (AvgIpc) is 2.52. The second kappa shape index (κ2) is 7.09. The zero-order valence-electron chi connectivity index (χ0n) is 13.0. The number of hydrogen-bond donors (Lipinski definition) is 1. The van der Waals surface area contributed by atoms with Gasteiger partial charge in [-0.1, -0.05) is 24.6 Å². The van der Waals surface area contributed by atoms with E-state index < -0.39 is 0 Å². The molecule has 0 radical (unpaired) electrons. The molecule has 0 aliphatic carbocycles. The highest BCUT2D eigenvalue weighted by Crippen LogP contribution is 2.33. The van der Waals surface area contributed by atoms with Gasteiger partial charge in [-0.05, 0) is 31.7 Å². The summed E-state index contributed by atoms with van der Waals surface area (Å²) in [7, 11) is 3.35. The molecular weight excluding hydrogens is 264 g/mol. The van der Waals surface area contributed by atoms with Gasteiger partial charge in [0.25, 0.3) is 0 Å². The first kappa shape index (κ1) is 15.3. The Labute approximate surface area is 126 Å². The van der Waals surface area contributed by atoms with Crippen LogP contribution in [0.4, 0.5) is 0 Å². The molecule has 2 rings (SSSR count). The number of methoxy groups -OCH3 is 2. The summed E-state index contributed by atoms with van der Waals surface area (Å²) in [5.41, 5.74) is 3.12. The average molecular weight is 286 g/mol. The molecule has 0 aliphatic rings. The molecule has 1 unspecified atom stereocenters. The van der Waals surface area contributed by atoms with E-state index in [2.05, 4.69) is 30.2 Å². The van der Waals surface area contributed by atoms with Gasteiger partial charge in [-0.15, -0.1) is 0 Å². The van der Waals surface area contributed by atoms with Crippen molar-refractivity contribution in [3.05, 3.63) is 53.3 Å². The summed E-state index contributed by atoms with van der Waals surface area (Å²) in [6.45, 7) is 4.97. The molecule has 0 fully saturated rings. The van der Waals surface area contributed by atoms with Gasteiger partial charge in [0.1, 0.15) is 17.2 Å². The van der Waals surface area contributed by atoms with Crippen molar-refractivity contribution in [3.63, 3.8) is 0 Å². The lowest BCUT2D eigenvalue weighted by atomic mass is 9.99. The van der Waals surface area contributed by atoms with E-state index in [9.17, 15) is 0 Å². The van der Waals surface area contributed by atoms with E-state index in [0.29, 0.717) is 0 Å². The largest absolute Gasteiger partial charge is 0.496 e. The van der Waals surface area contributed by atoms with Crippen LogP contribution in [0, 0.1) is 6.92 Å². The maximum atomic E-state index is 5.51. The Hall–Kier alpha value is -2.07. The van der Waals surface area contributed by atoms with Gasteiger partial charge in [0, 0.05) is 11.8 Å². The van der Waals surface area contributed by atoms with Crippen LogP contribution in [0.15, 0.2) is 36.5 Å². The minimum Gasteiger partial charge on any atom is -0.496 e. The van der Waals surface area contributed by atoms with E-state index >= 15 is 0 Å². The molecule has 4 heteroatoms. The van der Waals surface area contributed by atoms with Crippen LogP contribution in [0.1, 0.15) is 29.8 Å². The molecule has 0 spiro atoms. The number of aromatic nitrogens is 1. The molecule has 1 N–H and O–H groups in total.